The van der Waals surface area contributed by atoms with Crippen molar-refractivity contribution >= 4 is 17.0 Å². The van der Waals surface area contributed by atoms with E-state index >= 15 is 0 Å². The zero-order valence-corrected chi connectivity index (χ0v) is 9.80. The molecule has 17 heavy (non-hydrogen) atoms. The minimum Gasteiger partial charge on any atom is -0.358 e. The molecule has 1 saturated carbocycles. The molecule has 0 saturated heterocycles. The van der Waals surface area contributed by atoms with Crippen molar-refractivity contribution < 1.29 is 0 Å². The Morgan fingerprint density at radius 2 is 2.24 bits per heavy atom. The van der Waals surface area contributed by atoms with Gasteiger partial charge in [-0.1, -0.05) is 0 Å². The molecule has 6 heteroatoms. The molecule has 2 aromatic heterocycles. The fourth-order valence-corrected chi connectivity index (χ4v) is 2.45. The molecule has 3 rings (SSSR count). The summed E-state index contributed by atoms with van der Waals surface area (Å²) in [7, 11) is 2.05. The molecule has 0 bridgehead atoms. The molecular formula is C11H16N6. The summed E-state index contributed by atoms with van der Waals surface area (Å²) in [5, 5.41) is 0. The van der Waals surface area contributed by atoms with Crippen molar-refractivity contribution in [1.82, 2.24) is 19.9 Å². The van der Waals surface area contributed by atoms with E-state index in [4.69, 9.17) is 5.73 Å². The summed E-state index contributed by atoms with van der Waals surface area (Å²) in [6.07, 6.45) is 5.43. The summed E-state index contributed by atoms with van der Waals surface area (Å²) in [5.74, 6) is 1.59. The minimum atomic E-state index is 0.394. The Bertz CT molecular complexity index is 515. The van der Waals surface area contributed by atoms with Gasteiger partial charge in [0.05, 0.1) is 6.33 Å². The van der Waals surface area contributed by atoms with Crippen LogP contribution in [0.15, 0.2) is 12.7 Å². The first-order valence-electron chi connectivity index (χ1n) is 5.85. The number of H-pyrrole nitrogens is 1. The van der Waals surface area contributed by atoms with Crippen LogP contribution in [0.25, 0.3) is 11.2 Å². The molecule has 0 radical (unpaired) electrons. The van der Waals surface area contributed by atoms with Gasteiger partial charge in [0.25, 0.3) is 0 Å². The largest absolute Gasteiger partial charge is 0.358 e. The van der Waals surface area contributed by atoms with Crippen molar-refractivity contribution in [3.05, 3.63) is 12.7 Å². The van der Waals surface area contributed by atoms with Gasteiger partial charge in [0, 0.05) is 19.6 Å². The molecule has 0 unspecified atom stereocenters. The van der Waals surface area contributed by atoms with E-state index in [9.17, 15) is 0 Å². The van der Waals surface area contributed by atoms with Crippen molar-refractivity contribution in [2.75, 3.05) is 18.5 Å². The van der Waals surface area contributed by atoms with E-state index in [1.165, 1.54) is 0 Å². The predicted molar refractivity (Wildman–Crippen MR) is 65.7 cm³/mol. The van der Waals surface area contributed by atoms with Crippen LogP contribution in [0.3, 0.4) is 0 Å². The standard InChI is InChI=1S/C11H16N6/c1-17(4-7-2-8(12)3-7)11-9-10(14-5-13-9)15-6-16-11/h5-8H,2-4,12H2,1H3,(H,13,14,15,16). The molecule has 0 aliphatic heterocycles. The number of aromatic nitrogens is 4. The SMILES string of the molecule is CN(CC1CC(N)C1)c1ncnc2nc[nH]c12. The van der Waals surface area contributed by atoms with Crippen LogP contribution in [0.4, 0.5) is 5.82 Å². The highest BCUT2D eigenvalue weighted by Gasteiger charge is 2.27. The van der Waals surface area contributed by atoms with Gasteiger partial charge >= 0.3 is 0 Å². The van der Waals surface area contributed by atoms with E-state index in [1.807, 2.05) is 7.05 Å². The summed E-state index contributed by atoms with van der Waals surface area (Å²) < 4.78 is 0. The van der Waals surface area contributed by atoms with E-state index in [2.05, 4.69) is 24.8 Å². The Balaban J connectivity index is 1.80. The number of aromatic amines is 1. The molecule has 1 fully saturated rings. The van der Waals surface area contributed by atoms with E-state index in [0.29, 0.717) is 17.6 Å². The second-order valence-corrected chi connectivity index (χ2v) is 4.78. The molecule has 0 spiro atoms. The van der Waals surface area contributed by atoms with Crippen LogP contribution < -0.4 is 10.6 Å². The maximum atomic E-state index is 5.80. The normalized spacial score (nSPS) is 23.6. The number of fused-ring (bicyclic) bond motifs is 1. The average Bonchev–Trinajstić information content (AvgIpc) is 2.74. The summed E-state index contributed by atoms with van der Waals surface area (Å²) in [6.45, 7) is 0.985. The first kappa shape index (κ1) is 10.5. The molecule has 0 aromatic carbocycles. The maximum Gasteiger partial charge on any atom is 0.182 e. The first-order chi connectivity index (χ1) is 8.24. The lowest BCUT2D eigenvalue weighted by Gasteiger charge is -2.35. The van der Waals surface area contributed by atoms with Gasteiger partial charge in [-0.25, -0.2) is 15.0 Å². The van der Waals surface area contributed by atoms with Gasteiger partial charge < -0.3 is 15.6 Å². The van der Waals surface area contributed by atoms with Crippen molar-refractivity contribution in [3.63, 3.8) is 0 Å². The van der Waals surface area contributed by atoms with E-state index in [1.54, 1.807) is 12.7 Å². The number of rotatable bonds is 3. The second kappa shape index (κ2) is 3.96. The monoisotopic (exact) mass is 232 g/mol. The zero-order valence-electron chi connectivity index (χ0n) is 9.80. The van der Waals surface area contributed by atoms with E-state index in [0.717, 1.165) is 30.7 Å². The van der Waals surface area contributed by atoms with Crippen LogP contribution in [-0.4, -0.2) is 39.6 Å². The predicted octanol–water partition coefficient (Wildman–Crippen LogP) is 0.526. The van der Waals surface area contributed by atoms with Crippen LogP contribution in [0.2, 0.25) is 0 Å². The van der Waals surface area contributed by atoms with Crippen LogP contribution >= 0.6 is 0 Å². The third-order valence-electron chi connectivity index (χ3n) is 3.37. The fourth-order valence-electron chi connectivity index (χ4n) is 2.45. The Hall–Kier alpha value is -1.69. The van der Waals surface area contributed by atoms with Gasteiger partial charge in [0.1, 0.15) is 11.8 Å². The number of hydrogen-bond acceptors (Lipinski definition) is 5. The molecule has 6 nitrogen and oxygen atoms in total. The summed E-state index contributed by atoms with van der Waals surface area (Å²) in [4.78, 5) is 17.8. The van der Waals surface area contributed by atoms with Gasteiger partial charge in [0.2, 0.25) is 0 Å². The smallest absolute Gasteiger partial charge is 0.182 e. The molecule has 0 amide bonds. The lowest BCUT2D eigenvalue weighted by molar-refractivity contribution is 0.271. The molecular weight excluding hydrogens is 216 g/mol. The van der Waals surface area contributed by atoms with Gasteiger partial charge in [-0.2, -0.15) is 0 Å². The van der Waals surface area contributed by atoms with Crippen LogP contribution in [0, 0.1) is 5.92 Å². The Kier molecular flexibility index (Phi) is 2.44. The van der Waals surface area contributed by atoms with Crippen molar-refractivity contribution in [2.45, 2.75) is 18.9 Å². The molecule has 3 N–H and O–H groups in total. The molecule has 90 valence electrons. The third kappa shape index (κ3) is 1.84. The zero-order chi connectivity index (χ0) is 11.8. The van der Waals surface area contributed by atoms with Gasteiger partial charge in [0.15, 0.2) is 11.5 Å². The van der Waals surface area contributed by atoms with Crippen LogP contribution in [-0.2, 0) is 0 Å². The number of anilines is 1. The lowest BCUT2D eigenvalue weighted by atomic mass is 9.80. The summed E-state index contributed by atoms with van der Waals surface area (Å²) >= 11 is 0. The number of imidazole rings is 1. The Labute approximate surface area is 99.3 Å². The Morgan fingerprint density at radius 1 is 1.41 bits per heavy atom. The number of nitrogens with zero attached hydrogens (tertiary/aromatic N) is 4. The lowest BCUT2D eigenvalue weighted by Crippen LogP contribution is -2.42. The summed E-state index contributed by atoms with van der Waals surface area (Å²) in [5.41, 5.74) is 7.41. The molecule has 0 atom stereocenters. The quantitative estimate of drug-likeness (QED) is 0.806. The molecule has 2 aromatic rings. The molecule has 1 aliphatic rings. The highest BCUT2D eigenvalue weighted by molar-refractivity contribution is 5.82. The van der Waals surface area contributed by atoms with Gasteiger partial charge in [-0.15, -0.1) is 0 Å². The van der Waals surface area contributed by atoms with Crippen molar-refractivity contribution in [2.24, 2.45) is 11.7 Å². The first-order valence-corrected chi connectivity index (χ1v) is 5.85. The minimum absolute atomic E-state index is 0.394. The summed E-state index contributed by atoms with van der Waals surface area (Å²) in [6, 6.07) is 0.394. The number of nitrogens with one attached hydrogen (secondary N) is 1. The maximum absolute atomic E-state index is 5.80. The van der Waals surface area contributed by atoms with E-state index in [-0.39, 0.29) is 0 Å². The molecule has 1 aliphatic carbocycles. The van der Waals surface area contributed by atoms with Crippen molar-refractivity contribution in [1.29, 1.82) is 0 Å². The van der Waals surface area contributed by atoms with Gasteiger partial charge in [-0.3, -0.25) is 0 Å². The highest BCUT2D eigenvalue weighted by Crippen LogP contribution is 2.28. The van der Waals surface area contributed by atoms with E-state index < -0.39 is 0 Å². The topological polar surface area (TPSA) is 83.7 Å². The number of hydrogen-bond donors (Lipinski definition) is 2. The number of nitrogens with two attached hydrogens (primary N) is 1. The molecule has 2 heterocycles. The third-order valence-corrected chi connectivity index (χ3v) is 3.37. The fraction of sp³-hybridized carbons (Fsp3) is 0.545. The van der Waals surface area contributed by atoms with Crippen LogP contribution in [0.5, 0.6) is 0 Å². The van der Waals surface area contributed by atoms with Crippen molar-refractivity contribution in [3.8, 4) is 0 Å². The average molecular weight is 232 g/mol. The Morgan fingerprint density at radius 3 is 3.00 bits per heavy atom. The highest BCUT2D eigenvalue weighted by atomic mass is 15.2. The van der Waals surface area contributed by atoms with Gasteiger partial charge in [-0.05, 0) is 18.8 Å². The van der Waals surface area contributed by atoms with Crippen LogP contribution in [0.1, 0.15) is 12.8 Å². The second-order valence-electron chi connectivity index (χ2n) is 4.78.